The standard InChI is InChI=1S/C25H35N3O4S/c1-24(2,3)18-6-8-20(9-7-18)33(29,30)23-21-15-27-28(4)22(21)14-19-10-11-26-16-25(19,23)17-32-13-12-31-5/h6-9,14-15,23,26H,10-13,16-17H2,1-5H3/t23-,25?/m1/s1. The van der Waals surface area contributed by atoms with Gasteiger partial charge in [-0.3, -0.25) is 4.68 Å². The molecule has 1 aromatic heterocycles. The number of hydrogen-bond acceptors (Lipinski definition) is 6. The summed E-state index contributed by atoms with van der Waals surface area (Å²) in [5.41, 5.74) is 3.05. The molecule has 0 radical (unpaired) electrons. The van der Waals surface area contributed by atoms with Crippen molar-refractivity contribution in [1.82, 2.24) is 15.1 Å². The lowest BCUT2D eigenvalue weighted by Gasteiger charge is -2.47. The van der Waals surface area contributed by atoms with Gasteiger partial charge in [-0.15, -0.1) is 0 Å². The van der Waals surface area contributed by atoms with Crippen molar-refractivity contribution in [1.29, 1.82) is 0 Å². The molecule has 1 aromatic carbocycles. The van der Waals surface area contributed by atoms with Crippen LogP contribution in [0.4, 0.5) is 0 Å². The number of sulfone groups is 1. The number of piperidine rings is 1. The van der Waals surface area contributed by atoms with Crippen LogP contribution in [0.15, 0.2) is 40.9 Å². The summed E-state index contributed by atoms with van der Waals surface area (Å²) in [4.78, 5) is 0.332. The Morgan fingerprint density at radius 3 is 2.61 bits per heavy atom. The van der Waals surface area contributed by atoms with E-state index in [4.69, 9.17) is 9.47 Å². The van der Waals surface area contributed by atoms with E-state index in [1.54, 1.807) is 30.1 Å². The van der Waals surface area contributed by atoms with E-state index in [0.29, 0.717) is 31.3 Å². The molecule has 0 saturated carbocycles. The Hall–Kier alpha value is -2.00. The highest BCUT2D eigenvalue weighted by Crippen LogP contribution is 2.54. The summed E-state index contributed by atoms with van der Waals surface area (Å²) >= 11 is 0. The van der Waals surface area contributed by atoms with E-state index in [0.717, 1.165) is 35.4 Å². The number of benzene rings is 1. The third-order valence-corrected chi connectivity index (χ3v) is 9.17. The largest absolute Gasteiger partial charge is 0.382 e. The van der Waals surface area contributed by atoms with Crippen LogP contribution in [0, 0.1) is 5.41 Å². The maximum Gasteiger partial charge on any atom is 0.186 e. The van der Waals surface area contributed by atoms with Gasteiger partial charge in [-0.1, -0.05) is 38.5 Å². The first kappa shape index (κ1) is 24.1. The van der Waals surface area contributed by atoms with E-state index >= 15 is 0 Å². The maximum atomic E-state index is 14.3. The number of nitrogens with one attached hydrogen (secondary N) is 1. The molecule has 2 heterocycles. The van der Waals surface area contributed by atoms with Gasteiger partial charge in [0.1, 0.15) is 5.25 Å². The van der Waals surface area contributed by atoms with Crippen LogP contribution in [0.1, 0.15) is 49.3 Å². The highest BCUT2D eigenvalue weighted by atomic mass is 32.2. The molecule has 0 spiro atoms. The van der Waals surface area contributed by atoms with Crippen LogP contribution in [-0.4, -0.2) is 58.2 Å². The molecule has 2 aliphatic rings. The van der Waals surface area contributed by atoms with Crippen molar-refractivity contribution in [3.63, 3.8) is 0 Å². The van der Waals surface area contributed by atoms with Gasteiger partial charge in [0.15, 0.2) is 9.84 Å². The molecule has 0 bridgehead atoms. The summed E-state index contributed by atoms with van der Waals surface area (Å²) in [5.74, 6) is 0. The minimum absolute atomic E-state index is 0.0523. The number of nitrogens with zero attached hydrogens (tertiary/aromatic N) is 2. The van der Waals surface area contributed by atoms with Crippen molar-refractivity contribution in [2.45, 2.75) is 42.8 Å². The normalized spacial score (nSPS) is 23.1. The van der Waals surface area contributed by atoms with Gasteiger partial charge in [0.05, 0.1) is 36.6 Å². The van der Waals surface area contributed by atoms with Gasteiger partial charge in [-0.25, -0.2) is 8.42 Å². The van der Waals surface area contributed by atoms with E-state index in [1.165, 1.54) is 0 Å². The average Bonchev–Trinajstić information content (AvgIpc) is 3.14. The summed E-state index contributed by atoms with van der Waals surface area (Å²) in [6.45, 7) is 8.89. The molecule has 1 fully saturated rings. The highest BCUT2D eigenvalue weighted by Gasteiger charge is 2.54. The molecule has 180 valence electrons. The second kappa shape index (κ2) is 8.98. The molecule has 1 N–H and O–H groups in total. The topological polar surface area (TPSA) is 82.4 Å². The van der Waals surface area contributed by atoms with Gasteiger partial charge in [0, 0.05) is 31.7 Å². The van der Waals surface area contributed by atoms with Gasteiger partial charge in [0.25, 0.3) is 0 Å². The van der Waals surface area contributed by atoms with Crippen LogP contribution in [-0.2, 0) is 31.8 Å². The van der Waals surface area contributed by atoms with Crippen LogP contribution < -0.4 is 5.32 Å². The molecule has 1 aliphatic heterocycles. The number of hydrogen-bond donors (Lipinski definition) is 1. The number of fused-ring (bicyclic) bond motifs is 2. The first-order valence-electron chi connectivity index (χ1n) is 11.5. The van der Waals surface area contributed by atoms with Crippen molar-refractivity contribution in [3.8, 4) is 0 Å². The summed E-state index contributed by atoms with van der Waals surface area (Å²) in [5, 5.41) is 7.08. The van der Waals surface area contributed by atoms with Crippen LogP contribution in [0.3, 0.4) is 0 Å². The zero-order valence-electron chi connectivity index (χ0n) is 20.2. The lowest BCUT2D eigenvalue weighted by molar-refractivity contribution is 0.0214. The molecular formula is C25H35N3O4S. The first-order valence-corrected chi connectivity index (χ1v) is 13.0. The lowest BCUT2D eigenvalue weighted by atomic mass is 9.69. The van der Waals surface area contributed by atoms with E-state index in [1.807, 2.05) is 19.2 Å². The van der Waals surface area contributed by atoms with E-state index in [2.05, 4.69) is 37.3 Å². The van der Waals surface area contributed by atoms with E-state index in [-0.39, 0.29) is 5.41 Å². The van der Waals surface area contributed by atoms with Gasteiger partial charge < -0.3 is 14.8 Å². The zero-order chi connectivity index (χ0) is 23.9. The molecule has 0 amide bonds. The Morgan fingerprint density at radius 1 is 1.21 bits per heavy atom. The zero-order valence-corrected chi connectivity index (χ0v) is 21.0. The molecule has 4 rings (SSSR count). The molecule has 1 unspecified atom stereocenters. The summed E-state index contributed by atoms with van der Waals surface area (Å²) in [6.07, 6.45) is 4.60. The van der Waals surface area contributed by atoms with E-state index < -0.39 is 20.5 Å². The van der Waals surface area contributed by atoms with Crippen molar-refractivity contribution in [2.75, 3.05) is 40.0 Å². The smallest absolute Gasteiger partial charge is 0.186 e. The minimum atomic E-state index is -3.74. The number of aromatic nitrogens is 2. The fourth-order valence-electron chi connectivity index (χ4n) is 5.04. The SMILES string of the molecule is COCCOCC12CNCCC1=Cc1c(cnn1C)[C@H]2S(=O)(=O)c1ccc(C(C)(C)C)cc1. The molecule has 2 atom stereocenters. The number of ether oxygens (including phenoxy) is 2. The van der Waals surface area contributed by atoms with Crippen molar-refractivity contribution in [2.24, 2.45) is 12.5 Å². The fraction of sp³-hybridized carbons (Fsp3) is 0.560. The predicted octanol–water partition coefficient (Wildman–Crippen LogP) is 3.27. The maximum absolute atomic E-state index is 14.3. The van der Waals surface area contributed by atoms with Gasteiger partial charge in [-0.2, -0.15) is 5.10 Å². The molecular weight excluding hydrogens is 438 g/mol. The average molecular weight is 474 g/mol. The second-order valence-electron chi connectivity index (χ2n) is 10.1. The molecule has 7 nitrogen and oxygen atoms in total. The van der Waals surface area contributed by atoms with Crippen LogP contribution in [0.2, 0.25) is 0 Å². The van der Waals surface area contributed by atoms with Crippen LogP contribution in [0.25, 0.3) is 6.08 Å². The Kier molecular flexibility index (Phi) is 6.57. The minimum Gasteiger partial charge on any atom is -0.382 e. The number of rotatable bonds is 7. The Balaban J connectivity index is 1.83. The Bertz CT molecular complexity index is 1130. The number of methoxy groups -OCH3 is 1. The molecule has 8 heteroatoms. The van der Waals surface area contributed by atoms with Gasteiger partial charge >= 0.3 is 0 Å². The van der Waals surface area contributed by atoms with Gasteiger partial charge in [-0.05, 0) is 42.2 Å². The van der Waals surface area contributed by atoms with Gasteiger partial charge in [0.2, 0.25) is 0 Å². The molecule has 1 saturated heterocycles. The fourth-order valence-corrected chi connectivity index (χ4v) is 7.24. The van der Waals surface area contributed by atoms with Crippen molar-refractivity contribution in [3.05, 3.63) is 52.9 Å². The first-order chi connectivity index (χ1) is 15.6. The summed E-state index contributed by atoms with van der Waals surface area (Å²) in [7, 11) is -0.248. The third kappa shape index (κ3) is 4.30. The monoisotopic (exact) mass is 473 g/mol. The molecule has 1 aliphatic carbocycles. The Morgan fingerprint density at radius 2 is 1.94 bits per heavy atom. The van der Waals surface area contributed by atoms with Crippen LogP contribution in [0.5, 0.6) is 0 Å². The summed E-state index contributed by atoms with van der Waals surface area (Å²) < 4.78 is 41.5. The lowest BCUT2D eigenvalue weighted by Crippen LogP contribution is -2.52. The predicted molar refractivity (Wildman–Crippen MR) is 129 cm³/mol. The number of aryl methyl sites for hydroxylation is 1. The molecule has 2 aromatic rings. The highest BCUT2D eigenvalue weighted by molar-refractivity contribution is 7.91. The quantitative estimate of drug-likeness (QED) is 0.622. The Labute approximate surface area is 197 Å². The van der Waals surface area contributed by atoms with Crippen LogP contribution >= 0.6 is 0 Å². The second-order valence-corrected chi connectivity index (χ2v) is 12.1. The summed E-state index contributed by atoms with van der Waals surface area (Å²) in [6, 6.07) is 7.36. The molecule has 33 heavy (non-hydrogen) atoms. The van der Waals surface area contributed by atoms with Crippen molar-refractivity contribution >= 4 is 15.9 Å². The third-order valence-electron chi connectivity index (χ3n) is 6.91. The van der Waals surface area contributed by atoms with Crippen molar-refractivity contribution < 1.29 is 17.9 Å². The van der Waals surface area contributed by atoms with E-state index in [9.17, 15) is 8.42 Å².